The van der Waals surface area contributed by atoms with Crippen LogP contribution in [0.4, 0.5) is 5.82 Å². The second kappa shape index (κ2) is 7.45. The number of ether oxygens (including phenoxy) is 1. The molecule has 1 aromatic carbocycles. The maximum absolute atomic E-state index is 12.7. The van der Waals surface area contributed by atoms with E-state index in [9.17, 15) is 4.79 Å². The van der Waals surface area contributed by atoms with Crippen molar-refractivity contribution < 1.29 is 9.53 Å². The van der Waals surface area contributed by atoms with Crippen molar-refractivity contribution in [2.75, 3.05) is 38.3 Å². The maximum atomic E-state index is 12.7. The first-order valence-electron chi connectivity index (χ1n) is 8.27. The summed E-state index contributed by atoms with van der Waals surface area (Å²) in [5.74, 6) is 0.876. The van der Waals surface area contributed by atoms with Crippen LogP contribution < -0.4 is 4.90 Å². The van der Waals surface area contributed by atoms with Crippen molar-refractivity contribution in [2.45, 2.75) is 13.0 Å². The molecule has 0 saturated carbocycles. The van der Waals surface area contributed by atoms with E-state index in [1.165, 1.54) is 0 Å². The number of carbonyl (C=O) groups is 1. The number of morpholine rings is 1. The second-order valence-corrected chi connectivity index (χ2v) is 6.01. The monoisotopic (exact) mass is 325 g/mol. The summed E-state index contributed by atoms with van der Waals surface area (Å²) in [5, 5.41) is 0. The van der Waals surface area contributed by atoms with Crippen molar-refractivity contribution in [1.29, 1.82) is 0 Å². The van der Waals surface area contributed by atoms with Crippen molar-refractivity contribution in [2.24, 2.45) is 0 Å². The minimum absolute atomic E-state index is 0.0117. The van der Waals surface area contributed by atoms with Gasteiger partial charge in [-0.2, -0.15) is 0 Å². The van der Waals surface area contributed by atoms with Gasteiger partial charge in [-0.15, -0.1) is 0 Å². The van der Waals surface area contributed by atoms with Gasteiger partial charge in [-0.05, 0) is 24.6 Å². The highest BCUT2D eigenvalue weighted by Gasteiger charge is 2.20. The quantitative estimate of drug-likeness (QED) is 0.867. The lowest BCUT2D eigenvalue weighted by molar-refractivity contribution is 0.0742. The van der Waals surface area contributed by atoms with Crippen LogP contribution >= 0.6 is 0 Å². The number of anilines is 1. The van der Waals surface area contributed by atoms with Crippen LogP contribution in [0.5, 0.6) is 0 Å². The van der Waals surface area contributed by atoms with E-state index in [0.717, 1.165) is 37.7 Å². The zero-order valence-electron chi connectivity index (χ0n) is 14.2. The SMILES string of the molecule is C[C@@H](c1ccccc1)N(C)C(=O)c1ccc(N2CCOCC2)nc1. The Morgan fingerprint density at radius 2 is 1.88 bits per heavy atom. The van der Waals surface area contributed by atoms with Crippen LogP contribution in [0.25, 0.3) is 0 Å². The summed E-state index contributed by atoms with van der Waals surface area (Å²) in [5.41, 5.74) is 1.73. The molecule has 0 N–H and O–H groups in total. The molecule has 126 valence electrons. The van der Waals surface area contributed by atoms with Gasteiger partial charge in [0.2, 0.25) is 0 Å². The molecule has 1 amide bonds. The van der Waals surface area contributed by atoms with Gasteiger partial charge in [-0.3, -0.25) is 4.79 Å². The predicted molar refractivity (Wildman–Crippen MR) is 94.2 cm³/mol. The summed E-state index contributed by atoms with van der Waals surface area (Å²) in [6, 6.07) is 13.8. The van der Waals surface area contributed by atoms with Crippen LogP contribution in [-0.2, 0) is 4.74 Å². The molecule has 1 atom stereocenters. The van der Waals surface area contributed by atoms with Crippen molar-refractivity contribution >= 4 is 11.7 Å². The maximum Gasteiger partial charge on any atom is 0.255 e. The lowest BCUT2D eigenvalue weighted by atomic mass is 10.1. The number of aromatic nitrogens is 1. The fourth-order valence-corrected chi connectivity index (χ4v) is 2.83. The molecule has 5 nitrogen and oxygen atoms in total. The Hall–Kier alpha value is -2.40. The van der Waals surface area contributed by atoms with Crippen molar-refractivity contribution in [3.8, 4) is 0 Å². The molecule has 0 spiro atoms. The lowest BCUT2D eigenvalue weighted by Crippen LogP contribution is -2.36. The summed E-state index contributed by atoms with van der Waals surface area (Å²) >= 11 is 0. The fourth-order valence-electron chi connectivity index (χ4n) is 2.83. The Labute approximate surface area is 142 Å². The van der Waals surface area contributed by atoms with E-state index in [0.29, 0.717) is 5.56 Å². The van der Waals surface area contributed by atoms with Gasteiger partial charge >= 0.3 is 0 Å². The first-order valence-corrected chi connectivity index (χ1v) is 8.27. The third-order valence-corrected chi connectivity index (χ3v) is 4.51. The second-order valence-electron chi connectivity index (χ2n) is 6.01. The number of nitrogens with zero attached hydrogens (tertiary/aromatic N) is 3. The molecule has 1 aliphatic heterocycles. The summed E-state index contributed by atoms with van der Waals surface area (Å²) in [7, 11) is 1.83. The normalized spacial score (nSPS) is 15.8. The Morgan fingerprint density at radius 3 is 2.50 bits per heavy atom. The first-order chi connectivity index (χ1) is 11.7. The molecule has 5 heteroatoms. The lowest BCUT2D eigenvalue weighted by Gasteiger charge is -2.28. The Kier molecular flexibility index (Phi) is 5.11. The minimum Gasteiger partial charge on any atom is -0.378 e. The molecular formula is C19H23N3O2. The summed E-state index contributed by atoms with van der Waals surface area (Å²) in [6.45, 7) is 5.15. The molecule has 1 fully saturated rings. The predicted octanol–water partition coefficient (Wildman–Crippen LogP) is 2.75. The largest absolute Gasteiger partial charge is 0.378 e. The molecular weight excluding hydrogens is 302 g/mol. The molecule has 1 saturated heterocycles. The van der Waals surface area contributed by atoms with E-state index in [2.05, 4.69) is 9.88 Å². The summed E-state index contributed by atoms with van der Waals surface area (Å²) in [4.78, 5) is 21.1. The van der Waals surface area contributed by atoms with Gasteiger partial charge in [0.05, 0.1) is 24.8 Å². The number of pyridine rings is 1. The van der Waals surface area contributed by atoms with Crippen molar-refractivity contribution in [1.82, 2.24) is 9.88 Å². The first kappa shape index (κ1) is 16.5. The van der Waals surface area contributed by atoms with Crippen molar-refractivity contribution in [3.63, 3.8) is 0 Å². The average Bonchev–Trinajstić information content (AvgIpc) is 2.68. The van der Waals surface area contributed by atoms with E-state index < -0.39 is 0 Å². The summed E-state index contributed by atoms with van der Waals surface area (Å²) < 4.78 is 5.35. The highest BCUT2D eigenvalue weighted by Crippen LogP contribution is 2.21. The van der Waals surface area contributed by atoms with Crippen LogP contribution in [0.15, 0.2) is 48.7 Å². The number of amides is 1. The van der Waals surface area contributed by atoms with Crippen LogP contribution in [0, 0.1) is 0 Å². The molecule has 0 radical (unpaired) electrons. The average molecular weight is 325 g/mol. The standard InChI is InChI=1S/C19H23N3O2/c1-15(16-6-4-3-5-7-16)21(2)19(23)17-8-9-18(20-14-17)22-10-12-24-13-11-22/h3-9,14-15H,10-13H2,1-2H3/t15-/m0/s1. The smallest absolute Gasteiger partial charge is 0.255 e. The zero-order chi connectivity index (χ0) is 16.9. The van der Waals surface area contributed by atoms with Gasteiger partial charge in [-0.1, -0.05) is 30.3 Å². The molecule has 2 aromatic rings. The highest BCUT2D eigenvalue weighted by atomic mass is 16.5. The zero-order valence-corrected chi connectivity index (χ0v) is 14.2. The van der Waals surface area contributed by atoms with Crippen LogP contribution in [0.1, 0.15) is 28.9 Å². The Morgan fingerprint density at radius 1 is 1.17 bits per heavy atom. The van der Waals surface area contributed by atoms with Crippen LogP contribution in [0.3, 0.4) is 0 Å². The minimum atomic E-state index is -0.0209. The third-order valence-electron chi connectivity index (χ3n) is 4.51. The molecule has 0 unspecified atom stereocenters. The molecule has 0 aliphatic carbocycles. The van der Waals surface area contributed by atoms with Gasteiger partial charge in [0, 0.05) is 26.3 Å². The number of hydrogen-bond acceptors (Lipinski definition) is 4. The van der Waals surface area contributed by atoms with Gasteiger partial charge in [0.15, 0.2) is 0 Å². The van der Waals surface area contributed by atoms with Crippen molar-refractivity contribution in [3.05, 3.63) is 59.8 Å². The van der Waals surface area contributed by atoms with E-state index in [1.54, 1.807) is 11.1 Å². The van der Waals surface area contributed by atoms with E-state index in [1.807, 2.05) is 56.4 Å². The molecule has 1 aromatic heterocycles. The molecule has 3 rings (SSSR count). The fraction of sp³-hybridized carbons (Fsp3) is 0.368. The third kappa shape index (κ3) is 3.57. The molecule has 24 heavy (non-hydrogen) atoms. The number of hydrogen-bond donors (Lipinski definition) is 0. The topological polar surface area (TPSA) is 45.7 Å². The summed E-state index contributed by atoms with van der Waals surface area (Å²) in [6.07, 6.45) is 1.67. The van der Waals surface area contributed by atoms with Crippen LogP contribution in [-0.4, -0.2) is 49.1 Å². The number of rotatable bonds is 4. The molecule has 2 heterocycles. The van der Waals surface area contributed by atoms with E-state index >= 15 is 0 Å². The van der Waals surface area contributed by atoms with E-state index in [-0.39, 0.29) is 11.9 Å². The number of benzene rings is 1. The van der Waals surface area contributed by atoms with Gasteiger partial charge in [0.25, 0.3) is 5.91 Å². The van der Waals surface area contributed by atoms with E-state index in [4.69, 9.17) is 4.74 Å². The van der Waals surface area contributed by atoms with Gasteiger partial charge in [0.1, 0.15) is 5.82 Å². The number of carbonyl (C=O) groups excluding carboxylic acids is 1. The van der Waals surface area contributed by atoms with Gasteiger partial charge < -0.3 is 14.5 Å². The highest BCUT2D eigenvalue weighted by molar-refractivity contribution is 5.94. The Balaban J connectivity index is 1.70. The molecule has 1 aliphatic rings. The van der Waals surface area contributed by atoms with Crippen LogP contribution in [0.2, 0.25) is 0 Å². The van der Waals surface area contributed by atoms with Gasteiger partial charge in [-0.25, -0.2) is 4.98 Å². The molecule has 0 bridgehead atoms. The Bertz CT molecular complexity index is 667.